The Bertz CT molecular complexity index is 119. The van der Waals surface area contributed by atoms with Crippen LogP contribution in [0.5, 0.6) is 0 Å². The second-order valence-electron chi connectivity index (χ2n) is 1.60. The van der Waals surface area contributed by atoms with Crippen LogP contribution < -0.4 is 0 Å². The summed E-state index contributed by atoms with van der Waals surface area (Å²) in [6.45, 7) is 3.50. The highest BCUT2D eigenvalue weighted by molar-refractivity contribution is 6.15. The van der Waals surface area contributed by atoms with E-state index in [0.717, 1.165) is 6.42 Å². The Kier molecular flexibility index (Phi) is 10.4. The Morgan fingerprint density at radius 3 is 2.10 bits per heavy atom. The van der Waals surface area contributed by atoms with Gasteiger partial charge in [-0.3, -0.25) is 0 Å². The van der Waals surface area contributed by atoms with Crippen molar-refractivity contribution in [3.63, 3.8) is 0 Å². The first-order valence-electron chi connectivity index (χ1n) is 2.96. The zero-order valence-electron chi connectivity index (χ0n) is 6.52. The van der Waals surface area contributed by atoms with Gasteiger partial charge in [0.2, 0.25) is 0 Å². The van der Waals surface area contributed by atoms with Crippen molar-refractivity contribution in [2.24, 2.45) is 0 Å². The highest BCUT2D eigenvalue weighted by Crippen LogP contribution is 1.92. The number of alkyl halides is 1. The van der Waals surface area contributed by atoms with Crippen molar-refractivity contribution in [3.05, 3.63) is 11.6 Å². The quantitative estimate of drug-likeness (QED) is 0.502. The monoisotopic (exact) mass is 164 g/mol. The van der Waals surface area contributed by atoms with Gasteiger partial charge in [0, 0.05) is 12.0 Å². The van der Waals surface area contributed by atoms with Gasteiger partial charge in [0.15, 0.2) is 0 Å². The summed E-state index contributed by atoms with van der Waals surface area (Å²) in [5.41, 5.74) is 0.424. The van der Waals surface area contributed by atoms with Crippen molar-refractivity contribution in [2.75, 3.05) is 6.38 Å². The van der Waals surface area contributed by atoms with Gasteiger partial charge in [0.1, 0.15) is 0 Å². The van der Waals surface area contributed by atoms with Gasteiger partial charge in [0.25, 0.3) is 0 Å². The van der Waals surface area contributed by atoms with Crippen molar-refractivity contribution in [1.82, 2.24) is 0 Å². The number of aliphatic carboxylic acids is 1. The Morgan fingerprint density at radius 1 is 1.60 bits per heavy atom. The minimum Gasteiger partial charge on any atom is -0.478 e. The van der Waals surface area contributed by atoms with E-state index in [1.807, 2.05) is 6.92 Å². The molecular formula is C7H13ClO2. The van der Waals surface area contributed by atoms with E-state index in [2.05, 4.69) is 11.6 Å². The minimum atomic E-state index is -0.827. The van der Waals surface area contributed by atoms with Gasteiger partial charge in [-0.25, -0.2) is 4.79 Å². The molecule has 0 amide bonds. The number of rotatable bonds is 2. The van der Waals surface area contributed by atoms with Crippen LogP contribution in [-0.2, 0) is 4.79 Å². The molecule has 0 aromatic rings. The summed E-state index contributed by atoms with van der Waals surface area (Å²) in [5.74, 6) is -0.827. The molecule has 60 valence electrons. The maximum Gasteiger partial charge on any atom is 0.330 e. The molecule has 0 saturated heterocycles. The minimum absolute atomic E-state index is 0.424. The van der Waals surface area contributed by atoms with Gasteiger partial charge in [-0.1, -0.05) is 13.0 Å². The summed E-state index contributed by atoms with van der Waals surface area (Å²) in [4.78, 5) is 10.0. The first-order chi connectivity index (χ1) is 4.68. The molecule has 10 heavy (non-hydrogen) atoms. The molecule has 0 radical (unpaired) electrons. The highest BCUT2D eigenvalue weighted by atomic mass is 35.5. The fourth-order valence-corrected chi connectivity index (χ4v) is 0.393. The number of hydrogen-bond acceptors (Lipinski definition) is 1. The lowest BCUT2D eigenvalue weighted by atomic mass is 10.2. The third kappa shape index (κ3) is 7.50. The van der Waals surface area contributed by atoms with Crippen LogP contribution in [0, 0.1) is 0 Å². The molecule has 2 nitrogen and oxygen atoms in total. The normalized spacial score (nSPS) is 9.80. The van der Waals surface area contributed by atoms with E-state index in [4.69, 9.17) is 5.11 Å². The fraction of sp³-hybridized carbons (Fsp3) is 0.571. The molecule has 0 aliphatic heterocycles. The molecule has 0 aliphatic carbocycles. The van der Waals surface area contributed by atoms with E-state index in [-0.39, 0.29) is 0 Å². The van der Waals surface area contributed by atoms with Gasteiger partial charge in [-0.05, 0) is 13.3 Å². The summed E-state index contributed by atoms with van der Waals surface area (Å²) in [6.07, 6.45) is 3.94. The predicted octanol–water partition coefficient (Wildman–Crippen LogP) is 2.28. The zero-order chi connectivity index (χ0) is 8.57. The number of allylic oxidation sites excluding steroid dienone is 1. The van der Waals surface area contributed by atoms with Crippen molar-refractivity contribution >= 4 is 17.6 Å². The maximum absolute atomic E-state index is 10.0. The second kappa shape index (κ2) is 8.50. The first kappa shape index (κ1) is 12.2. The average molecular weight is 165 g/mol. The van der Waals surface area contributed by atoms with Gasteiger partial charge < -0.3 is 5.11 Å². The third-order valence-corrected chi connectivity index (χ3v) is 0.848. The number of carbonyl (C=O) groups is 1. The lowest BCUT2D eigenvalue weighted by Crippen LogP contribution is -1.94. The summed E-state index contributed by atoms with van der Waals surface area (Å²) < 4.78 is 0. The molecule has 0 unspecified atom stereocenters. The summed E-state index contributed by atoms with van der Waals surface area (Å²) >= 11 is 4.64. The van der Waals surface area contributed by atoms with Crippen molar-refractivity contribution in [2.45, 2.75) is 20.3 Å². The standard InChI is InChI=1S/C6H10O2.CH3Cl/c1-3-4-5(2)6(7)8;1-2/h4H,3H2,1-2H3,(H,7,8);1H3. The molecule has 0 aromatic heterocycles. The van der Waals surface area contributed by atoms with Crippen LogP contribution in [0.25, 0.3) is 0 Å². The largest absolute Gasteiger partial charge is 0.478 e. The van der Waals surface area contributed by atoms with Crippen molar-refractivity contribution < 1.29 is 9.90 Å². The Labute approximate surface area is 66.5 Å². The first-order valence-corrected chi connectivity index (χ1v) is 3.72. The Balaban J connectivity index is 0. The molecule has 0 rings (SSSR count). The smallest absolute Gasteiger partial charge is 0.330 e. The van der Waals surface area contributed by atoms with E-state index in [1.54, 1.807) is 13.0 Å². The second-order valence-corrected chi connectivity index (χ2v) is 1.60. The summed E-state index contributed by atoms with van der Waals surface area (Å²) in [7, 11) is 0. The van der Waals surface area contributed by atoms with Gasteiger partial charge in [-0.15, -0.1) is 11.6 Å². The molecule has 1 N–H and O–H groups in total. The zero-order valence-corrected chi connectivity index (χ0v) is 7.27. The molecule has 0 fully saturated rings. The van der Waals surface area contributed by atoms with Gasteiger partial charge >= 0.3 is 5.97 Å². The lowest BCUT2D eigenvalue weighted by molar-refractivity contribution is -0.132. The van der Waals surface area contributed by atoms with Crippen LogP contribution in [0.1, 0.15) is 20.3 Å². The summed E-state index contributed by atoms with van der Waals surface area (Å²) in [5, 5.41) is 8.24. The van der Waals surface area contributed by atoms with E-state index >= 15 is 0 Å². The topological polar surface area (TPSA) is 37.3 Å². The third-order valence-electron chi connectivity index (χ3n) is 0.848. The molecule has 0 aromatic carbocycles. The maximum atomic E-state index is 10.0. The van der Waals surface area contributed by atoms with Crippen LogP contribution >= 0.6 is 11.6 Å². The SMILES string of the molecule is CCC=C(C)C(=O)O.CCl. The molecule has 0 spiro atoms. The number of carboxylic acid groups (broad SMARTS) is 1. The number of halogens is 1. The molecule has 0 aliphatic rings. The number of carboxylic acids is 1. The number of hydrogen-bond donors (Lipinski definition) is 1. The van der Waals surface area contributed by atoms with Crippen LogP contribution in [0.3, 0.4) is 0 Å². The molecular weight excluding hydrogens is 152 g/mol. The van der Waals surface area contributed by atoms with Crippen molar-refractivity contribution in [1.29, 1.82) is 0 Å². The Morgan fingerprint density at radius 2 is 2.00 bits per heavy atom. The summed E-state index contributed by atoms with van der Waals surface area (Å²) in [6, 6.07) is 0. The van der Waals surface area contributed by atoms with E-state index < -0.39 is 5.97 Å². The van der Waals surface area contributed by atoms with Gasteiger partial charge in [0.05, 0.1) is 0 Å². The van der Waals surface area contributed by atoms with Crippen LogP contribution in [0.4, 0.5) is 0 Å². The molecule has 0 bridgehead atoms. The van der Waals surface area contributed by atoms with E-state index in [0.29, 0.717) is 5.57 Å². The Hall–Kier alpha value is -0.500. The molecule has 3 heteroatoms. The van der Waals surface area contributed by atoms with Gasteiger partial charge in [-0.2, -0.15) is 0 Å². The fourth-order valence-electron chi connectivity index (χ4n) is 0.393. The molecule has 0 heterocycles. The van der Waals surface area contributed by atoms with E-state index in [1.165, 1.54) is 6.38 Å². The van der Waals surface area contributed by atoms with Crippen LogP contribution in [0.2, 0.25) is 0 Å². The highest BCUT2D eigenvalue weighted by Gasteiger charge is 1.94. The van der Waals surface area contributed by atoms with Crippen LogP contribution in [-0.4, -0.2) is 17.5 Å². The predicted molar refractivity (Wildman–Crippen MR) is 43.5 cm³/mol. The lowest BCUT2D eigenvalue weighted by Gasteiger charge is -1.87. The average Bonchev–Trinajstić information content (AvgIpc) is 1.93. The van der Waals surface area contributed by atoms with E-state index in [9.17, 15) is 4.79 Å². The molecule has 0 atom stereocenters. The van der Waals surface area contributed by atoms with Crippen molar-refractivity contribution in [3.8, 4) is 0 Å². The van der Waals surface area contributed by atoms with Crippen LogP contribution in [0.15, 0.2) is 11.6 Å². The molecule has 0 saturated carbocycles.